The van der Waals surface area contributed by atoms with Crippen molar-refractivity contribution in [3.63, 3.8) is 0 Å². The summed E-state index contributed by atoms with van der Waals surface area (Å²) in [6, 6.07) is 6.94. The first-order valence-electron chi connectivity index (χ1n) is 10.6. The van der Waals surface area contributed by atoms with Crippen LogP contribution in [0.3, 0.4) is 0 Å². The molecule has 0 bridgehead atoms. The number of benzene rings is 1. The topological polar surface area (TPSA) is 71.5 Å². The van der Waals surface area contributed by atoms with Gasteiger partial charge in [0, 0.05) is 50.0 Å². The summed E-state index contributed by atoms with van der Waals surface area (Å²) in [7, 11) is 7.41. The summed E-state index contributed by atoms with van der Waals surface area (Å²) in [5.74, 6) is 3.37. The normalized spacial score (nSPS) is 18.7. The summed E-state index contributed by atoms with van der Waals surface area (Å²) in [5.41, 5.74) is 3.33. The molecule has 7 heteroatoms. The Morgan fingerprint density at radius 3 is 2.10 bits per heavy atom. The molecule has 7 nitrogen and oxygen atoms in total. The lowest BCUT2D eigenvalue weighted by atomic mass is 9.91. The summed E-state index contributed by atoms with van der Waals surface area (Å²) >= 11 is 0. The van der Waals surface area contributed by atoms with Crippen LogP contribution < -0.4 is 25.0 Å². The highest BCUT2D eigenvalue weighted by Crippen LogP contribution is 2.26. The monoisotopic (exact) mass is 413 g/mol. The number of hydrogen-bond donors (Lipinski definition) is 2. The number of rotatable bonds is 8. The number of aryl methyl sites for hydroxylation is 1. The minimum Gasteiger partial charge on any atom is -0.497 e. The van der Waals surface area contributed by atoms with E-state index in [9.17, 15) is 0 Å². The van der Waals surface area contributed by atoms with E-state index in [1.165, 1.54) is 5.56 Å². The maximum atomic E-state index is 5.37. The third kappa shape index (κ3) is 5.53. The van der Waals surface area contributed by atoms with Gasteiger partial charge in [0.2, 0.25) is 5.95 Å². The minimum atomic E-state index is 0.414. The maximum absolute atomic E-state index is 5.37. The first-order valence-corrected chi connectivity index (χ1v) is 10.6. The Morgan fingerprint density at radius 2 is 1.53 bits per heavy atom. The minimum absolute atomic E-state index is 0.414. The molecule has 1 aliphatic rings. The fourth-order valence-electron chi connectivity index (χ4n) is 3.97. The molecule has 0 aliphatic heterocycles. The van der Waals surface area contributed by atoms with Crippen molar-refractivity contribution < 1.29 is 9.47 Å². The van der Waals surface area contributed by atoms with E-state index >= 15 is 0 Å². The number of aromatic nitrogens is 2. The second kappa shape index (κ2) is 9.98. The van der Waals surface area contributed by atoms with Crippen LogP contribution in [0.15, 0.2) is 18.2 Å². The Hall–Kier alpha value is -2.54. The zero-order valence-corrected chi connectivity index (χ0v) is 19.1. The first kappa shape index (κ1) is 22.2. The van der Waals surface area contributed by atoms with Crippen molar-refractivity contribution in [1.82, 2.24) is 15.3 Å². The van der Waals surface area contributed by atoms with Gasteiger partial charge in [-0.1, -0.05) is 0 Å². The Bertz CT molecular complexity index is 825. The van der Waals surface area contributed by atoms with Gasteiger partial charge in [0.1, 0.15) is 17.3 Å². The molecule has 0 amide bonds. The van der Waals surface area contributed by atoms with Crippen molar-refractivity contribution in [3.8, 4) is 11.5 Å². The van der Waals surface area contributed by atoms with E-state index < -0.39 is 0 Å². The van der Waals surface area contributed by atoms with Gasteiger partial charge >= 0.3 is 0 Å². The second-order valence-corrected chi connectivity index (χ2v) is 8.27. The fraction of sp³-hybridized carbons (Fsp3) is 0.565. The highest BCUT2D eigenvalue weighted by Gasteiger charge is 2.22. The maximum Gasteiger partial charge on any atom is 0.225 e. The van der Waals surface area contributed by atoms with Crippen LogP contribution in [-0.4, -0.2) is 50.4 Å². The first-order chi connectivity index (χ1) is 14.4. The Balaban J connectivity index is 1.52. The summed E-state index contributed by atoms with van der Waals surface area (Å²) in [4.78, 5) is 11.4. The lowest BCUT2D eigenvalue weighted by Crippen LogP contribution is -2.37. The van der Waals surface area contributed by atoms with Gasteiger partial charge in [-0.3, -0.25) is 0 Å². The summed E-state index contributed by atoms with van der Waals surface area (Å²) < 4.78 is 10.7. The number of nitrogens with zero attached hydrogens (tertiary/aromatic N) is 3. The molecule has 0 atom stereocenters. The third-order valence-corrected chi connectivity index (χ3v) is 5.85. The molecule has 0 saturated heterocycles. The van der Waals surface area contributed by atoms with Crippen molar-refractivity contribution in [1.29, 1.82) is 0 Å². The van der Waals surface area contributed by atoms with Gasteiger partial charge in [0.15, 0.2) is 0 Å². The molecule has 0 radical (unpaired) electrons. The standard InChI is InChI=1S/C23H35N5O2/c1-15-16(2)25-23(27-22(15)28(3)4)26-19-9-7-18(8-10-19)24-14-17-11-20(29-5)13-21(12-17)30-6/h11-13,18-19,24H,7-10,14H2,1-6H3,(H,25,26,27). The van der Waals surface area contributed by atoms with Crippen LogP contribution in [0.5, 0.6) is 11.5 Å². The molecule has 0 spiro atoms. The van der Waals surface area contributed by atoms with Crippen LogP contribution in [0.4, 0.5) is 11.8 Å². The number of hydrogen-bond acceptors (Lipinski definition) is 7. The highest BCUT2D eigenvalue weighted by atomic mass is 16.5. The Morgan fingerprint density at radius 1 is 0.933 bits per heavy atom. The molecule has 1 aromatic heterocycles. The van der Waals surface area contributed by atoms with Gasteiger partial charge in [0.05, 0.1) is 14.2 Å². The summed E-state index contributed by atoms with van der Waals surface area (Å²) in [5, 5.41) is 7.25. The molecule has 3 rings (SSSR count). The largest absolute Gasteiger partial charge is 0.497 e. The molecular weight excluding hydrogens is 378 g/mol. The van der Waals surface area contributed by atoms with Gasteiger partial charge in [-0.15, -0.1) is 0 Å². The van der Waals surface area contributed by atoms with Crippen LogP contribution >= 0.6 is 0 Å². The van der Waals surface area contributed by atoms with Crippen LogP contribution in [-0.2, 0) is 6.54 Å². The van der Waals surface area contributed by atoms with Gasteiger partial charge in [-0.05, 0) is 57.2 Å². The van der Waals surface area contributed by atoms with E-state index in [0.717, 1.165) is 66.8 Å². The molecular formula is C23H35N5O2. The number of nitrogens with one attached hydrogen (secondary N) is 2. The average Bonchev–Trinajstić information content (AvgIpc) is 2.75. The van der Waals surface area contributed by atoms with E-state index in [0.29, 0.717) is 12.1 Å². The van der Waals surface area contributed by atoms with Crippen molar-refractivity contribution in [2.75, 3.05) is 38.5 Å². The number of anilines is 2. The Kier molecular flexibility index (Phi) is 7.37. The van der Waals surface area contributed by atoms with Crippen LogP contribution in [0, 0.1) is 13.8 Å². The average molecular weight is 414 g/mol. The zero-order chi connectivity index (χ0) is 21.7. The van der Waals surface area contributed by atoms with Crippen LogP contribution in [0.1, 0.15) is 42.5 Å². The molecule has 1 aromatic carbocycles. The van der Waals surface area contributed by atoms with Crippen molar-refractivity contribution >= 4 is 11.8 Å². The van der Waals surface area contributed by atoms with Gasteiger partial charge in [-0.25, -0.2) is 4.98 Å². The van der Waals surface area contributed by atoms with Crippen molar-refractivity contribution in [2.45, 2.75) is 58.2 Å². The van der Waals surface area contributed by atoms with E-state index in [2.05, 4.69) is 34.7 Å². The van der Waals surface area contributed by atoms with E-state index in [1.807, 2.05) is 32.0 Å². The zero-order valence-electron chi connectivity index (χ0n) is 19.1. The fourth-order valence-corrected chi connectivity index (χ4v) is 3.97. The highest BCUT2D eigenvalue weighted by molar-refractivity contribution is 5.51. The molecule has 1 fully saturated rings. The van der Waals surface area contributed by atoms with Gasteiger partial charge in [-0.2, -0.15) is 4.98 Å². The molecule has 1 heterocycles. The predicted octanol–water partition coefficient (Wildman–Crippen LogP) is 3.69. The third-order valence-electron chi connectivity index (χ3n) is 5.85. The lowest BCUT2D eigenvalue weighted by molar-refractivity contribution is 0.351. The molecule has 164 valence electrons. The van der Waals surface area contributed by atoms with Crippen molar-refractivity contribution in [2.24, 2.45) is 0 Å². The van der Waals surface area contributed by atoms with E-state index in [4.69, 9.17) is 14.5 Å². The summed E-state index contributed by atoms with van der Waals surface area (Å²) in [6.45, 7) is 4.93. The van der Waals surface area contributed by atoms with Crippen LogP contribution in [0.25, 0.3) is 0 Å². The predicted molar refractivity (Wildman–Crippen MR) is 122 cm³/mol. The van der Waals surface area contributed by atoms with E-state index in [1.54, 1.807) is 14.2 Å². The van der Waals surface area contributed by atoms with Crippen LogP contribution in [0.2, 0.25) is 0 Å². The van der Waals surface area contributed by atoms with E-state index in [-0.39, 0.29) is 0 Å². The van der Waals surface area contributed by atoms with Crippen molar-refractivity contribution in [3.05, 3.63) is 35.0 Å². The molecule has 1 aliphatic carbocycles. The SMILES string of the molecule is COc1cc(CNC2CCC(Nc3nc(C)c(C)c(N(C)C)n3)CC2)cc(OC)c1. The summed E-state index contributed by atoms with van der Waals surface area (Å²) in [6.07, 6.45) is 4.47. The molecule has 0 unspecified atom stereocenters. The smallest absolute Gasteiger partial charge is 0.225 e. The number of methoxy groups -OCH3 is 2. The lowest BCUT2D eigenvalue weighted by Gasteiger charge is -2.30. The number of ether oxygens (including phenoxy) is 2. The quantitative estimate of drug-likeness (QED) is 0.684. The molecule has 2 aromatic rings. The molecule has 2 N–H and O–H groups in total. The van der Waals surface area contributed by atoms with Gasteiger partial charge < -0.3 is 25.0 Å². The second-order valence-electron chi connectivity index (χ2n) is 8.27. The Labute approximate surface area is 180 Å². The molecule has 1 saturated carbocycles. The van der Waals surface area contributed by atoms with Gasteiger partial charge in [0.25, 0.3) is 0 Å². The molecule has 30 heavy (non-hydrogen) atoms.